The number of nitriles is 1. The molecule has 0 saturated heterocycles. The molecule has 6 heteroatoms. The second kappa shape index (κ2) is 7.51. The summed E-state index contributed by atoms with van der Waals surface area (Å²) in [6, 6.07) is 8.88. The molecule has 1 fully saturated rings. The highest BCUT2D eigenvalue weighted by molar-refractivity contribution is 8.00. The Bertz CT molecular complexity index is 633. The molecule has 1 unspecified atom stereocenters. The van der Waals surface area contributed by atoms with E-state index in [0.29, 0.717) is 17.7 Å². The number of benzene rings is 1. The Morgan fingerprint density at radius 3 is 2.57 bits per heavy atom. The third-order valence-corrected chi connectivity index (χ3v) is 5.25. The molecule has 5 nitrogen and oxygen atoms in total. The number of carbonyl (C=O) groups excluding carboxylic acids is 1. The molecule has 122 valence electrons. The number of rotatable bonds is 5. The molecule has 2 N–H and O–H groups in total. The van der Waals surface area contributed by atoms with Crippen LogP contribution in [-0.4, -0.2) is 27.8 Å². The van der Waals surface area contributed by atoms with Crippen molar-refractivity contribution in [2.24, 2.45) is 0 Å². The number of nitrogens with zero attached hydrogens (tertiary/aromatic N) is 1. The molecule has 0 spiro atoms. The lowest BCUT2D eigenvalue weighted by molar-refractivity contribution is -0.121. The summed E-state index contributed by atoms with van der Waals surface area (Å²) in [6.45, 7) is 1.73. The Balaban J connectivity index is 2.06. The number of hydrogen-bond donors (Lipinski definition) is 2. The van der Waals surface area contributed by atoms with Gasteiger partial charge < -0.3 is 10.4 Å². The first-order valence-corrected chi connectivity index (χ1v) is 8.58. The van der Waals surface area contributed by atoms with Crippen LogP contribution in [-0.2, 0) is 4.79 Å². The quantitative estimate of drug-likeness (QED) is 0.808. The number of carboxylic acids is 1. The molecule has 0 radical (unpaired) electrons. The number of amides is 1. The predicted molar refractivity (Wildman–Crippen MR) is 88.3 cm³/mol. The first-order valence-electron chi connectivity index (χ1n) is 7.70. The van der Waals surface area contributed by atoms with Crippen molar-refractivity contribution < 1.29 is 14.7 Å². The Labute approximate surface area is 140 Å². The molecule has 1 amide bonds. The van der Waals surface area contributed by atoms with Crippen molar-refractivity contribution in [3.63, 3.8) is 0 Å². The Morgan fingerprint density at radius 2 is 1.96 bits per heavy atom. The zero-order valence-electron chi connectivity index (χ0n) is 13.0. The molecule has 2 rings (SSSR count). The van der Waals surface area contributed by atoms with Gasteiger partial charge in [-0.1, -0.05) is 31.4 Å². The second-order valence-corrected chi connectivity index (χ2v) is 7.19. The lowest BCUT2D eigenvalue weighted by Crippen LogP contribution is -2.50. The number of hydrogen-bond acceptors (Lipinski definition) is 4. The molecule has 0 aromatic heterocycles. The molecule has 1 aromatic carbocycles. The van der Waals surface area contributed by atoms with Crippen LogP contribution in [0.5, 0.6) is 0 Å². The molecule has 1 atom stereocenters. The van der Waals surface area contributed by atoms with Crippen molar-refractivity contribution in [1.29, 1.82) is 5.26 Å². The van der Waals surface area contributed by atoms with Crippen LogP contribution in [0.15, 0.2) is 29.2 Å². The van der Waals surface area contributed by atoms with Crippen molar-refractivity contribution >= 4 is 23.6 Å². The molecule has 1 aliphatic rings. The summed E-state index contributed by atoms with van der Waals surface area (Å²) in [4.78, 5) is 24.2. The fourth-order valence-electron chi connectivity index (χ4n) is 2.75. The van der Waals surface area contributed by atoms with Gasteiger partial charge in [-0.2, -0.15) is 5.26 Å². The lowest BCUT2D eigenvalue weighted by atomic mass is 9.83. The van der Waals surface area contributed by atoms with E-state index in [1.165, 1.54) is 17.8 Å². The van der Waals surface area contributed by atoms with Crippen LogP contribution in [0.4, 0.5) is 0 Å². The van der Waals surface area contributed by atoms with Crippen molar-refractivity contribution in [3.05, 3.63) is 29.8 Å². The Hall–Kier alpha value is -2.00. The summed E-state index contributed by atoms with van der Waals surface area (Å²) >= 11 is 1.20. The van der Waals surface area contributed by atoms with Crippen LogP contribution < -0.4 is 5.32 Å². The fraction of sp³-hybridized carbons (Fsp3) is 0.471. The molecule has 0 bridgehead atoms. The van der Waals surface area contributed by atoms with Gasteiger partial charge in [0.15, 0.2) is 0 Å². The van der Waals surface area contributed by atoms with E-state index in [1.807, 2.05) is 0 Å². The number of thioether (sulfide) groups is 1. The maximum atomic E-state index is 12.4. The van der Waals surface area contributed by atoms with Gasteiger partial charge in [-0.05, 0) is 31.9 Å². The molecule has 1 saturated carbocycles. The minimum atomic E-state index is -1.01. The van der Waals surface area contributed by atoms with Crippen LogP contribution in [0.25, 0.3) is 0 Å². The van der Waals surface area contributed by atoms with Crippen molar-refractivity contribution in [1.82, 2.24) is 5.32 Å². The van der Waals surface area contributed by atoms with Crippen molar-refractivity contribution in [2.45, 2.75) is 54.7 Å². The average Bonchev–Trinajstić information content (AvgIpc) is 2.56. The molecule has 1 aromatic rings. The van der Waals surface area contributed by atoms with E-state index >= 15 is 0 Å². The molecular weight excluding hydrogens is 312 g/mol. The predicted octanol–water partition coefficient (Wildman–Crippen LogP) is 3.21. The summed E-state index contributed by atoms with van der Waals surface area (Å²) in [5.74, 6) is -1.24. The van der Waals surface area contributed by atoms with Gasteiger partial charge in [0, 0.05) is 4.90 Å². The first kappa shape index (κ1) is 17.4. The van der Waals surface area contributed by atoms with Gasteiger partial charge in [0.2, 0.25) is 5.91 Å². The summed E-state index contributed by atoms with van der Waals surface area (Å²) < 4.78 is 0. The summed E-state index contributed by atoms with van der Waals surface area (Å²) in [5, 5.41) is 21.0. The summed E-state index contributed by atoms with van der Waals surface area (Å²) in [6.07, 6.45) is 4.33. The zero-order chi connectivity index (χ0) is 16.9. The molecule has 23 heavy (non-hydrogen) atoms. The standard InChI is InChI=1S/C17H20N2O3S/c1-12(23-14-8-4-3-7-13(14)16(21)22)15(20)19-17(11-18)9-5-2-6-10-17/h3-4,7-8,12H,2,5-6,9-10H2,1H3,(H,19,20)(H,21,22). The van der Waals surface area contributed by atoms with Crippen molar-refractivity contribution in [3.8, 4) is 6.07 Å². The van der Waals surface area contributed by atoms with E-state index in [4.69, 9.17) is 0 Å². The number of carbonyl (C=O) groups is 2. The van der Waals surface area contributed by atoms with Gasteiger partial charge in [-0.25, -0.2) is 4.79 Å². The maximum Gasteiger partial charge on any atom is 0.336 e. The zero-order valence-corrected chi connectivity index (χ0v) is 13.9. The van der Waals surface area contributed by atoms with Crippen LogP contribution in [0, 0.1) is 11.3 Å². The third-order valence-electron chi connectivity index (χ3n) is 4.07. The largest absolute Gasteiger partial charge is 0.478 e. The minimum Gasteiger partial charge on any atom is -0.478 e. The van der Waals surface area contributed by atoms with Gasteiger partial charge in [0.25, 0.3) is 0 Å². The first-order chi connectivity index (χ1) is 11.0. The van der Waals surface area contributed by atoms with Crippen LogP contribution in [0.3, 0.4) is 0 Å². The van der Waals surface area contributed by atoms with E-state index < -0.39 is 16.8 Å². The number of nitrogens with one attached hydrogen (secondary N) is 1. The topological polar surface area (TPSA) is 90.2 Å². The van der Waals surface area contributed by atoms with Crippen LogP contribution >= 0.6 is 11.8 Å². The number of aromatic carboxylic acids is 1. The van der Waals surface area contributed by atoms with Crippen LogP contribution in [0.1, 0.15) is 49.4 Å². The highest BCUT2D eigenvalue weighted by atomic mass is 32.2. The molecule has 0 aliphatic heterocycles. The maximum absolute atomic E-state index is 12.4. The number of carboxylic acid groups (broad SMARTS) is 1. The fourth-order valence-corrected chi connectivity index (χ4v) is 3.73. The Morgan fingerprint density at radius 1 is 1.30 bits per heavy atom. The highest BCUT2D eigenvalue weighted by Crippen LogP contribution is 2.30. The van der Waals surface area contributed by atoms with Gasteiger partial charge in [-0.15, -0.1) is 11.8 Å². The molecule has 0 heterocycles. The van der Waals surface area contributed by atoms with Crippen molar-refractivity contribution in [2.75, 3.05) is 0 Å². The van der Waals surface area contributed by atoms with E-state index in [0.717, 1.165) is 19.3 Å². The molecular formula is C17H20N2O3S. The smallest absolute Gasteiger partial charge is 0.336 e. The third kappa shape index (κ3) is 4.26. The van der Waals surface area contributed by atoms with Crippen LogP contribution in [0.2, 0.25) is 0 Å². The van der Waals surface area contributed by atoms with Gasteiger partial charge in [0.05, 0.1) is 16.9 Å². The van der Waals surface area contributed by atoms with Gasteiger partial charge in [0.1, 0.15) is 5.54 Å². The van der Waals surface area contributed by atoms with E-state index in [-0.39, 0.29) is 11.5 Å². The lowest BCUT2D eigenvalue weighted by Gasteiger charge is -2.32. The SMILES string of the molecule is CC(Sc1ccccc1C(=O)O)C(=O)NC1(C#N)CCCCC1. The van der Waals surface area contributed by atoms with Gasteiger partial charge >= 0.3 is 5.97 Å². The highest BCUT2D eigenvalue weighted by Gasteiger charge is 2.35. The average molecular weight is 332 g/mol. The van der Waals surface area contributed by atoms with E-state index in [1.54, 1.807) is 25.1 Å². The molecule has 1 aliphatic carbocycles. The van der Waals surface area contributed by atoms with E-state index in [2.05, 4.69) is 11.4 Å². The Kier molecular flexibility index (Phi) is 5.67. The minimum absolute atomic E-state index is 0.185. The normalized spacial score (nSPS) is 17.7. The summed E-state index contributed by atoms with van der Waals surface area (Å²) in [5.41, 5.74) is -0.582. The second-order valence-electron chi connectivity index (χ2n) is 5.81. The monoisotopic (exact) mass is 332 g/mol. The summed E-state index contributed by atoms with van der Waals surface area (Å²) in [7, 11) is 0. The van der Waals surface area contributed by atoms with E-state index in [9.17, 15) is 20.0 Å². The van der Waals surface area contributed by atoms with Gasteiger partial charge in [-0.3, -0.25) is 4.79 Å².